The Hall–Kier alpha value is -5.93. The Morgan fingerprint density at radius 1 is 0.968 bits per heavy atom. The van der Waals surface area contributed by atoms with Crippen molar-refractivity contribution in [1.82, 2.24) is 34.4 Å². The first-order chi connectivity index (χ1) is 29.6. The number of likely N-dealkylation sites (tertiary alicyclic amines) is 1. The van der Waals surface area contributed by atoms with Gasteiger partial charge in [0, 0.05) is 102 Å². The monoisotopic (exact) mass is 871 g/mol. The van der Waals surface area contributed by atoms with Crippen molar-refractivity contribution in [3.63, 3.8) is 0 Å². The number of piperidine rings is 1. The van der Waals surface area contributed by atoms with E-state index in [1.165, 1.54) is 43.3 Å². The van der Waals surface area contributed by atoms with Crippen LogP contribution in [0.2, 0.25) is 0 Å². The van der Waals surface area contributed by atoms with Crippen molar-refractivity contribution in [3.8, 4) is 16.9 Å². The lowest BCUT2D eigenvalue weighted by Gasteiger charge is -2.46. The largest absolute Gasteiger partial charge is 0.477 e. The summed E-state index contributed by atoms with van der Waals surface area (Å²) in [5.41, 5.74) is -2.15. The smallest absolute Gasteiger partial charge is 0.435 e. The Morgan fingerprint density at radius 2 is 1.65 bits per heavy atom. The van der Waals surface area contributed by atoms with E-state index < -0.39 is 46.9 Å². The molecule has 3 amide bonds. The van der Waals surface area contributed by atoms with Gasteiger partial charge in [0.2, 0.25) is 5.91 Å². The summed E-state index contributed by atoms with van der Waals surface area (Å²) in [7, 11) is 2.81. The summed E-state index contributed by atoms with van der Waals surface area (Å²) in [6.45, 7) is 5.36. The molecule has 3 saturated heterocycles. The average Bonchev–Trinajstić information content (AvgIpc) is 3.83. The number of halogens is 5. The second kappa shape index (κ2) is 18.2. The van der Waals surface area contributed by atoms with E-state index in [1.807, 2.05) is 0 Å². The second-order valence-electron chi connectivity index (χ2n) is 16.0. The maximum Gasteiger partial charge on any atom is 0.435 e. The van der Waals surface area contributed by atoms with Crippen molar-refractivity contribution >= 4 is 35.1 Å². The van der Waals surface area contributed by atoms with Crippen LogP contribution in [0.4, 0.5) is 33.3 Å². The third-order valence-electron chi connectivity index (χ3n) is 11.9. The van der Waals surface area contributed by atoms with Gasteiger partial charge in [-0.05, 0) is 36.4 Å². The van der Waals surface area contributed by atoms with Crippen LogP contribution >= 0.6 is 0 Å². The van der Waals surface area contributed by atoms with Crippen LogP contribution in [0, 0.1) is 23.5 Å². The van der Waals surface area contributed by atoms with Crippen LogP contribution < -0.4 is 16.0 Å². The normalized spacial score (nSPS) is 19.6. The Kier molecular flexibility index (Phi) is 13.0. The molecule has 62 heavy (non-hydrogen) atoms. The minimum Gasteiger partial charge on any atom is -0.477 e. The van der Waals surface area contributed by atoms with Gasteiger partial charge in [-0.1, -0.05) is 0 Å². The molecular weight excluding hydrogens is 824 g/mol. The van der Waals surface area contributed by atoms with Crippen molar-refractivity contribution in [2.45, 2.75) is 19.0 Å². The second-order valence-corrected chi connectivity index (χ2v) is 16.0. The van der Waals surface area contributed by atoms with Crippen molar-refractivity contribution in [1.29, 1.82) is 0 Å². The third-order valence-corrected chi connectivity index (χ3v) is 11.9. The minimum absolute atomic E-state index is 0.0266. The maximum atomic E-state index is 15.4. The molecular formula is C41H48F5N10O6+. The number of methoxy groups -OCH3 is 1. The van der Waals surface area contributed by atoms with E-state index >= 15 is 8.78 Å². The quantitative estimate of drug-likeness (QED) is 0.0832. The van der Waals surface area contributed by atoms with E-state index in [0.29, 0.717) is 55.2 Å². The van der Waals surface area contributed by atoms with Gasteiger partial charge in [-0.15, -0.1) is 0 Å². The molecule has 2 aromatic carbocycles. The summed E-state index contributed by atoms with van der Waals surface area (Å²) in [5.74, 6) is -4.27. The molecule has 0 spiro atoms. The van der Waals surface area contributed by atoms with Gasteiger partial charge in [0.05, 0.1) is 49.3 Å². The van der Waals surface area contributed by atoms with Crippen LogP contribution in [-0.4, -0.2) is 148 Å². The molecule has 16 nitrogen and oxygen atoms in total. The summed E-state index contributed by atoms with van der Waals surface area (Å²) in [4.78, 5) is 59.0. The standard InChI is InChI=1S/C41H47F5N10O6/c1-52-34(30-22-55(51-36(30)41(44,45)46)33-6-4-27(17-32(33)43)48-9-16-62-2)21-49-37(52)38(59)50-28-3-5-29(31(42)18-28)40(61)54-12-10-53(11-13-54)39(60)26-7-14-56(15-8-26,24-35(57)58)23-25-19-47-20-25/h3-6,17-18,21-22,25-26,47-48H,7-16,19-20,23-24H2,1-2H3,(H-,50,57,58,59,61)/p+1. The number of rotatable bonds is 14. The van der Waals surface area contributed by atoms with Crippen molar-refractivity contribution in [2.24, 2.45) is 18.9 Å². The van der Waals surface area contributed by atoms with E-state index in [-0.39, 0.29) is 73.0 Å². The highest BCUT2D eigenvalue weighted by Crippen LogP contribution is 2.37. The molecule has 5 heterocycles. The predicted molar refractivity (Wildman–Crippen MR) is 214 cm³/mol. The lowest BCUT2D eigenvalue weighted by Crippen LogP contribution is -2.62. The van der Waals surface area contributed by atoms with Crippen LogP contribution in [0.1, 0.15) is 39.5 Å². The van der Waals surface area contributed by atoms with Crippen molar-refractivity contribution < 1.29 is 55.5 Å². The summed E-state index contributed by atoms with van der Waals surface area (Å²) in [5, 5.41) is 21.8. The van der Waals surface area contributed by atoms with E-state index in [0.717, 1.165) is 53.4 Å². The first-order valence-corrected chi connectivity index (χ1v) is 20.2. The molecule has 21 heteroatoms. The van der Waals surface area contributed by atoms with E-state index in [9.17, 15) is 37.5 Å². The fourth-order valence-corrected chi connectivity index (χ4v) is 8.46. The zero-order valence-electron chi connectivity index (χ0n) is 34.2. The highest BCUT2D eigenvalue weighted by Gasteiger charge is 2.43. The van der Waals surface area contributed by atoms with E-state index in [2.05, 4.69) is 26.0 Å². The summed E-state index contributed by atoms with van der Waals surface area (Å²) in [6, 6.07) is 7.34. The average molecular weight is 872 g/mol. The molecule has 3 aliphatic rings. The number of aliphatic carboxylic acids is 1. The number of piperazine rings is 1. The first-order valence-electron chi connectivity index (χ1n) is 20.2. The van der Waals surface area contributed by atoms with Gasteiger partial charge in [-0.3, -0.25) is 14.4 Å². The molecule has 0 atom stereocenters. The first kappa shape index (κ1) is 44.1. The molecule has 0 radical (unpaired) electrons. The number of ether oxygens (including phenoxy) is 1. The Balaban J connectivity index is 0.961. The molecule has 3 aliphatic heterocycles. The number of carbonyl (C=O) groups excluding carboxylic acids is 3. The number of carbonyl (C=O) groups is 4. The molecule has 332 valence electrons. The fraction of sp³-hybridized carbons (Fsp3) is 0.463. The number of anilines is 2. The van der Waals surface area contributed by atoms with Gasteiger partial charge < -0.3 is 44.6 Å². The molecule has 4 aromatic rings. The molecule has 0 aliphatic carbocycles. The van der Waals surface area contributed by atoms with E-state index in [4.69, 9.17) is 4.74 Å². The van der Waals surface area contributed by atoms with E-state index in [1.54, 1.807) is 4.90 Å². The number of nitrogens with one attached hydrogen (secondary N) is 3. The Morgan fingerprint density at radius 3 is 2.26 bits per heavy atom. The van der Waals surface area contributed by atoms with Crippen LogP contribution in [-0.2, 0) is 27.5 Å². The Bertz CT molecular complexity index is 2310. The van der Waals surface area contributed by atoms with Crippen LogP contribution in [0.3, 0.4) is 0 Å². The predicted octanol–water partition coefficient (Wildman–Crippen LogP) is 3.70. The number of benzene rings is 2. The van der Waals surface area contributed by atoms with Crippen molar-refractivity contribution in [2.75, 3.05) is 96.3 Å². The molecule has 0 bridgehead atoms. The third kappa shape index (κ3) is 9.58. The maximum absolute atomic E-state index is 15.4. The summed E-state index contributed by atoms with van der Waals surface area (Å²) >= 11 is 0. The molecule has 7 rings (SSSR count). The Labute approximate surface area is 353 Å². The zero-order valence-corrected chi connectivity index (χ0v) is 34.2. The summed E-state index contributed by atoms with van der Waals surface area (Å²) < 4.78 is 80.6. The highest BCUT2D eigenvalue weighted by molar-refractivity contribution is 6.03. The number of amides is 3. The number of nitrogens with zero attached hydrogens (tertiary/aromatic N) is 7. The van der Waals surface area contributed by atoms with Crippen molar-refractivity contribution in [3.05, 3.63) is 77.5 Å². The van der Waals surface area contributed by atoms with Crippen LogP contribution in [0.15, 0.2) is 48.8 Å². The molecule has 4 N–H and O–H groups in total. The number of carboxylic acid groups (broad SMARTS) is 1. The molecule has 3 fully saturated rings. The SMILES string of the molecule is COCCNc1ccc(-n2cc(-c3cnc(C(=O)Nc4ccc(C(=O)N5CCN(C(=O)C6CC[N+](CC(=O)O)(CC7CNC7)CC6)CC5)c(F)c4)n3C)c(C(F)(F)F)n2)c(F)c1. The summed E-state index contributed by atoms with van der Waals surface area (Å²) in [6.07, 6.45) is -1.78. The zero-order chi connectivity index (χ0) is 44.3. The molecule has 0 unspecified atom stereocenters. The number of imidazole rings is 1. The van der Waals surface area contributed by atoms with Crippen LogP contribution in [0.25, 0.3) is 16.9 Å². The lowest BCUT2D eigenvalue weighted by molar-refractivity contribution is -0.929. The lowest BCUT2D eigenvalue weighted by atomic mass is 9.90. The van der Waals surface area contributed by atoms with Crippen LogP contribution in [0.5, 0.6) is 0 Å². The number of alkyl halides is 3. The number of hydrogen-bond donors (Lipinski definition) is 4. The number of hydrogen-bond acceptors (Lipinski definition) is 9. The molecule has 2 aromatic heterocycles. The minimum atomic E-state index is -4.96. The number of carboxylic acids is 1. The van der Waals surface area contributed by atoms with Gasteiger partial charge >= 0.3 is 12.1 Å². The number of aromatic nitrogens is 4. The van der Waals surface area contributed by atoms with Gasteiger partial charge in [-0.25, -0.2) is 23.2 Å². The van der Waals surface area contributed by atoms with Gasteiger partial charge in [0.15, 0.2) is 23.9 Å². The molecule has 0 saturated carbocycles. The van der Waals surface area contributed by atoms with Gasteiger partial charge in [0.25, 0.3) is 11.8 Å². The van der Waals surface area contributed by atoms with Gasteiger partial charge in [0.1, 0.15) is 11.5 Å². The number of quaternary nitrogens is 1. The fourth-order valence-electron chi connectivity index (χ4n) is 8.46. The van der Waals surface area contributed by atoms with Gasteiger partial charge in [-0.2, -0.15) is 18.3 Å². The highest BCUT2D eigenvalue weighted by atomic mass is 19.4. The topological polar surface area (TPSA) is 176 Å².